The van der Waals surface area contributed by atoms with Crippen molar-refractivity contribution in [2.45, 2.75) is 29.9 Å². The number of hydrogen-bond acceptors (Lipinski definition) is 5. The van der Waals surface area contributed by atoms with Gasteiger partial charge in [0.2, 0.25) is 15.9 Å². The molecule has 1 saturated heterocycles. The minimum atomic E-state index is -3.80. The maximum Gasteiger partial charge on any atom is 0.252 e. The molecule has 8 nitrogen and oxygen atoms in total. The first kappa shape index (κ1) is 21.0. The second-order valence-corrected chi connectivity index (χ2v) is 8.50. The fourth-order valence-electron chi connectivity index (χ4n) is 3.07. The number of sulfonamides is 1. The second-order valence-electron chi connectivity index (χ2n) is 6.73. The van der Waals surface area contributed by atoms with Gasteiger partial charge in [0.25, 0.3) is 5.91 Å². The molecule has 4 N–H and O–H groups in total. The van der Waals surface area contributed by atoms with Crippen molar-refractivity contribution in [3.05, 3.63) is 65.7 Å². The maximum atomic E-state index is 12.6. The molecule has 2 unspecified atom stereocenters. The van der Waals surface area contributed by atoms with Crippen LogP contribution in [-0.4, -0.2) is 39.5 Å². The van der Waals surface area contributed by atoms with E-state index in [9.17, 15) is 18.0 Å². The van der Waals surface area contributed by atoms with Gasteiger partial charge in [0.15, 0.2) is 0 Å². The molecule has 2 atom stereocenters. The average molecular weight is 417 g/mol. The van der Waals surface area contributed by atoms with Crippen molar-refractivity contribution in [3.63, 3.8) is 0 Å². The van der Waals surface area contributed by atoms with Gasteiger partial charge in [0.1, 0.15) is 6.04 Å². The molecular formula is C20H23N3O5S. The zero-order valence-electron chi connectivity index (χ0n) is 15.7. The van der Waals surface area contributed by atoms with Crippen molar-refractivity contribution in [1.29, 1.82) is 0 Å². The molecular weight excluding hydrogens is 394 g/mol. The Labute approximate surface area is 169 Å². The summed E-state index contributed by atoms with van der Waals surface area (Å²) in [6, 6.07) is 13.1. The van der Waals surface area contributed by atoms with E-state index in [4.69, 9.17) is 10.5 Å². The van der Waals surface area contributed by atoms with Crippen LogP contribution in [-0.2, 0) is 19.6 Å². The lowest BCUT2D eigenvalue weighted by molar-refractivity contribution is -0.120. The predicted octanol–water partition coefficient (Wildman–Crippen LogP) is 1.10. The summed E-state index contributed by atoms with van der Waals surface area (Å²) in [5.41, 5.74) is 6.06. The average Bonchev–Trinajstić information content (AvgIpc) is 3.25. The highest BCUT2D eigenvalue weighted by Crippen LogP contribution is 2.16. The van der Waals surface area contributed by atoms with Gasteiger partial charge in [-0.2, -0.15) is 0 Å². The van der Waals surface area contributed by atoms with Crippen LogP contribution in [0.3, 0.4) is 0 Å². The summed E-state index contributed by atoms with van der Waals surface area (Å²) in [4.78, 5) is 24.4. The molecule has 2 aromatic rings. The monoisotopic (exact) mass is 417 g/mol. The first-order chi connectivity index (χ1) is 13.9. The summed E-state index contributed by atoms with van der Waals surface area (Å²) in [7, 11) is -3.80. The Morgan fingerprint density at radius 2 is 1.90 bits per heavy atom. The maximum absolute atomic E-state index is 12.6. The summed E-state index contributed by atoms with van der Waals surface area (Å²) in [6.07, 6.45) is 1.57. The summed E-state index contributed by atoms with van der Waals surface area (Å²) in [5.74, 6) is -1.32. The van der Waals surface area contributed by atoms with E-state index in [-0.39, 0.29) is 23.1 Å². The first-order valence-corrected chi connectivity index (χ1v) is 10.7. The van der Waals surface area contributed by atoms with Gasteiger partial charge in [-0.3, -0.25) is 9.59 Å². The Hall–Kier alpha value is -2.75. The Morgan fingerprint density at radius 1 is 1.14 bits per heavy atom. The van der Waals surface area contributed by atoms with E-state index in [1.807, 2.05) is 0 Å². The van der Waals surface area contributed by atoms with Gasteiger partial charge in [0.05, 0.1) is 11.0 Å². The normalized spacial score (nSPS) is 17.6. The third-order valence-corrected chi connectivity index (χ3v) is 6.05. The fraction of sp³-hybridized carbons (Fsp3) is 0.300. The van der Waals surface area contributed by atoms with Gasteiger partial charge in [-0.25, -0.2) is 13.1 Å². The van der Waals surface area contributed by atoms with E-state index in [0.29, 0.717) is 12.2 Å². The quantitative estimate of drug-likeness (QED) is 0.593. The topological polar surface area (TPSA) is 128 Å². The third kappa shape index (κ3) is 5.41. The van der Waals surface area contributed by atoms with Crippen molar-refractivity contribution in [3.8, 4) is 0 Å². The van der Waals surface area contributed by atoms with Gasteiger partial charge in [0, 0.05) is 18.7 Å². The zero-order valence-corrected chi connectivity index (χ0v) is 16.5. The van der Waals surface area contributed by atoms with Crippen LogP contribution in [0.5, 0.6) is 0 Å². The van der Waals surface area contributed by atoms with Crippen molar-refractivity contribution < 1.29 is 22.7 Å². The molecule has 3 rings (SSSR count). The molecule has 1 fully saturated rings. The summed E-state index contributed by atoms with van der Waals surface area (Å²) >= 11 is 0. The van der Waals surface area contributed by atoms with E-state index >= 15 is 0 Å². The number of carbonyl (C=O) groups excluding carboxylic acids is 2. The van der Waals surface area contributed by atoms with E-state index in [1.54, 1.807) is 30.3 Å². The Kier molecular flexibility index (Phi) is 6.63. The van der Waals surface area contributed by atoms with E-state index in [0.717, 1.165) is 12.8 Å². The largest absolute Gasteiger partial charge is 0.377 e. The third-order valence-electron chi connectivity index (χ3n) is 4.62. The van der Waals surface area contributed by atoms with Crippen molar-refractivity contribution in [1.82, 2.24) is 10.0 Å². The van der Waals surface area contributed by atoms with Gasteiger partial charge < -0.3 is 15.8 Å². The second kappa shape index (κ2) is 9.17. The molecule has 0 saturated carbocycles. The smallest absolute Gasteiger partial charge is 0.252 e. The summed E-state index contributed by atoms with van der Waals surface area (Å²) in [5, 5.41) is 2.56. The number of amides is 2. The fourth-order valence-corrected chi connectivity index (χ4v) is 4.19. The van der Waals surface area contributed by atoms with Crippen molar-refractivity contribution in [2.24, 2.45) is 5.73 Å². The number of hydrogen-bond donors (Lipinski definition) is 3. The van der Waals surface area contributed by atoms with Crippen LogP contribution in [0, 0.1) is 0 Å². The standard InChI is InChI=1S/C20H23N3O5S/c21-19(24)18(14-6-2-1-3-7-14)23-20(25)15-8-4-10-17(12-15)29(26,27)22-13-16-9-5-11-28-16/h1-4,6-8,10,12,16,18,22H,5,9,11,13H2,(H2,21,24)(H,23,25). The Morgan fingerprint density at radius 3 is 2.55 bits per heavy atom. The Bertz CT molecular complexity index is 973. The van der Waals surface area contributed by atoms with Crippen molar-refractivity contribution in [2.75, 3.05) is 13.2 Å². The van der Waals surface area contributed by atoms with Crippen LogP contribution < -0.4 is 15.8 Å². The lowest BCUT2D eigenvalue weighted by atomic mass is 10.1. The van der Waals surface area contributed by atoms with E-state index < -0.39 is 27.9 Å². The molecule has 0 spiro atoms. The first-order valence-electron chi connectivity index (χ1n) is 9.23. The minimum absolute atomic E-state index is 0.0431. The highest BCUT2D eigenvalue weighted by atomic mass is 32.2. The highest BCUT2D eigenvalue weighted by molar-refractivity contribution is 7.89. The van der Waals surface area contributed by atoms with E-state index in [1.165, 1.54) is 24.3 Å². The predicted molar refractivity (Wildman–Crippen MR) is 106 cm³/mol. The number of nitrogens with one attached hydrogen (secondary N) is 2. The van der Waals surface area contributed by atoms with Gasteiger partial charge in [-0.15, -0.1) is 0 Å². The molecule has 9 heteroatoms. The van der Waals surface area contributed by atoms with Crippen LogP contribution >= 0.6 is 0 Å². The Balaban J connectivity index is 1.73. The SMILES string of the molecule is NC(=O)C(NC(=O)c1cccc(S(=O)(=O)NCC2CCCO2)c1)c1ccccc1. The lowest BCUT2D eigenvalue weighted by Crippen LogP contribution is -2.37. The van der Waals surface area contributed by atoms with Crippen molar-refractivity contribution >= 4 is 21.8 Å². The highest BCUT2D eigenvalue weighted by Gasteiger charge is 2.23. The molecule has 1 aliphatic heterocycles. The molecule has 2 amide bonds. The summed E-state index contributed by atoms with van der Waals surface area (Å²) < 4.78 is 33.0. The van der Waals surface area contributed by atoms with Gasteiger partial charge in [-0.05, 0) is 36.6 Å². The van der Waals surface area contributed by atoms with Crippen LogP contribution in [0.2, 0.25) is 0 Å². The molecule has 0 bridgehead atoms. The van der Waals surface area contributed by atoms with E-state index in [2.05, 4.69) is 10.0 Å². The number of primary amides is 1. The number of rotatable bonds is 8. The molecule has 29 heavy (non-hydrogen) atoms. The number of nitrogens with two attached hydrogens (primary N) is 1. The van der Waals surface area contributed by atoms with Gasteiger partial charge >= 0.3 is 0 Å². The summed E-state index contributed by atoms with van der Waals surface area (Å²) in [6.45, 7) is 0.807. The molecule has 0 aromatic heterocycles. The molecule has 0 radical (unpaired) electrons. The van der Waals surface area contributed by atoms with Crippen LogP contribution in [0.4, 0.5) is 0 Å². The van der Waals surface area contributed by atoms with Crippen LogP contribution in [0.25, 0.3) is 0 Å². The number of ether oxygens (including phenoxy) is 1. The lowest BCUT2D eigenvalue weighted by Gasteiger charge is -2.16. The number of carbonyl (C=O) groups is 2. The molecule has 0 aliphatic carbocycles. The van der Waals surface area contributed by atoms with Gasteiger partial charge in [-0.1, -0.05) is 36.4 Å². The molecule has 2 aromatic carbocycles. The molecule has 1 aliphatic rings. The zero-order chi connectivity index (χ0) is 20.9. The molecule has 1 heterocycles. The van der Waals surface area contributed by atoms with Crippen LogP contribution in [0.15, 0.2) is 59.5 Å². The van der Waals surface area contributed by atoms with Crippen LogP contribution in [0.1, 0.15) is 34.8 Å². The molecule has 154 valence electrons. The minimum Gasteiger partial charge on any atom is -0.377 e. The number of benzene rings is 2.